The van der Waals surface area contributed by atoms with Crippen LogP contribution in [-0.2, 0) is 6.54 Å². The van der Waals surface area contributed by atoms with E-state index in [4.69, 9.17) is 10.2 Å². The van der Waals surface area contributed by atoms with Crippen LogP contribution in [-0.4, -0.2) is 15.1 Å². The molecule has 17 heavy (non-hydrogen) atoms. The Morgan fingerprint density at radius 3 is 2.82 bits per heavy atom. The Morgan fingerprint density at radius 1 is 1.47 bits per heavy atom. The monoisotopic (exact) mass is 234 g/mol. The number of nitro benzene ring substituents is 1. The lowest BCUT2D eigenvalue weighted by atomic mass is 10.1. The average molecular weight is 234 g/mol. The largest absolute Gasteiger partial charge is 0.419 e. The second-order valence-electron chi connectivity index (χ2n) is 3.48. The van der Waals surface area contributed by atoms with Gasteiger partial charge < -0.3 is 10.2 Å². The average Bonchev–Trinajstić information content (AvgIpc) is 2.76. The molecular weight excluding hydrogens is 224 g/mol. The fourth-order valence-electron chi connectivity index (χ4n) is 1.43. The molecular formula is C10H10N4O3. The van der Waals surface area contributed by atoms with Gasteiger partial charge in [-0.2, -0.15) is 0 Å². The second kappa shape index (κ2) is 4.30. The third-order valence-electron chi connectivity index (χ3n) is 2.22. The van der Waals surface area contributed by atoms with Gasteiger partial charge in [0.05, 0.1) is 11.5 Å². The maximum Gasteiger partial charge on any atom is 0.282 e. The summed E-state index contributed by atoms with van der Waals surface area (Å²) in [7, 11) is 0. The molecule has 88 valence electrons. The van der Waals surface area contributed by atoms with Crippen molar-refractivity contribution < 1.29 is 9.34 Å². The van der Waals surface area contributed by atoms with Crippen LogP contribution in [0.25, 0.3) is 11.5 Å². The quantitative estimate of drug-likeness (QED) is 0.635. The van der Waals surface area contributed by atoms with Crippen molar-refractivity contribution in [2.45, 2.75) is 13.5 Å². The summed E-state index contributed by atoms with van der Waals surface area (Å²) in [6, 6.07) is 4.70. The maximum atomic E-state index is 10.9. The normalized spacial score (nSPS) is 10.5. The Bertz CT molecular complexity index is 564. The molecule has 2 aromatic rings. The molecule has 0 atom stereocenters. The minimum absolute atomic E-state index is 0.0668. The molecule has 0 amide bonds. The molecule has 0 aliphatic rings. The summed E-state index contributed by atoms with van der Waals surface area (Å²) in [5.41, 5.74) is 6.45. The number of benzene rings is 1. The van der Waals surface area contributed by atoms with E-state index in [0.717, 1.165) is 5.56 Å². The molecule has 0 aliphatic heterocycles. The summed E-state index contributed by atoms with van der Waals surface area (Å²) in [6.45, 7) is 1.93. The van der Waals surface area contributed by atoms with Crippen molar-refractivity contribution in [3.63, 3.8) is 0 Å². The van der Waals surface area contributed by atoms with Crippen LogP contribution in [0.2, 0.25) is 0 Å². The number of nitro groups is 1. The molecule has 1 heterocycles. The van der Waals surface area contributed by atoms with Gasteiger partial charge in [-0.05, 0) is 18.6 Å². The van der Waals surface area contributed by atoms with Crippen molar-refractivity contribution in [1.29, 1.82) is 0 Å². The first-order valence-electron chi connectivity index (χ1n) is 4.89. The molecule has 2 N–H and O–H groups in total. The summed E-state index contributed by atoms with van der Waals surface area (Å²) in [5, 5.41) is 18.3. The molecule has 1 aromatic carbocycles. The number of rotatable bonds is 3. The zero-order valence-electron chi connectivity index (χ0n) is 9.08. The van der Waals surface area contributed by atoms with Gasteiger partial charge in [-0.3, -0.25) is 10.1 Å². The van der Waals surface area contributed by atoms with Crippen LogP contribution in [0.15, 0.2) is 22.6 Å². The van der Waals surface area contributed by atoms with Crippen LogP contribution < -0.4 is 5.73 Å². The molecule has 0 bridgehead atoms. The first-order valence-corrected chi connectivity index (χ1v) is 4.89. The summed E-state index contributed by atoms with van der Waals surface area (Å²) in [5.74, 6) is 0.358. The lowest BCUT2D eigenvalue weighted by Crippen LogP contribution is -1.95. The van der Waals surface area contributed by atoms with Crippen molar-refractivity contribution in [2.24, 2.45) is 5.73 Å². The van der Waals surface area contributed by atoms with Gasteiger partial charge in [0, 0.05) is 6.07 Å². The van der Waals surface area contributed by atoms with E-state index in [1.165, 1.54) is 6.07 Å². The molecule has 7 nitrogen and oxygen atoms in total. The lowest BCUT2D eigenvalue weighted by Gasteiger charge is -1.99. The standard InChI is InChI=1S/C10H10N4O3/c1-6-2-3-8(14(15)16)7(4-6)10-13-12-9(5-11)17-10/h2-4H,5,11H2,1H3. The summed E-state index contributed by atoms with van der Waals surface area (Å²) >= 11 is 0. The van der Waals surface area contributed by atoms with E-state index in [2.05, 4.69) is 10.2 Å². The Kier molecular flexibility index (Phi) is 2.84. The van der Waals surface area contributed by atoms with Crippen molar-refractivity contribution in [1.82, 2.24) is 10.2 Å². The molecule has 2 rings (SSSR count). The molecule has 0 fully saturated rings. The van der Waals surface area contributed by atoms with Gasteiger partial charge in [-0.15, -0.1) is 10.2 Å². The number of aromatic nitrogens is 2. The first kappa shape index (κ1) is 11.2. The smallest absolute Gasteiger partial charge is 0.282 e. The predicted octanol–water partition coefficient (Wildman–Crippen LogP) is 1.41. The second-order valence-corrected chi connectivity index (χ2v) is 3.48. The lowest BCUT2D eigenvalue weighted by molar-refractivity contribution is -0.384. The van der Waals surface area contributed by atoms with E-state index in [1.54, 1.807) is 12.1 Å². The fraction of sp³-hybridized carbons (Fsp3) is 0.200. The highest BCUT2D eigenvalue weighted by molar-refractivity contribution is 5.67. The van der Waals surface area contributed by atoms with Crippen molar-refractivity contribution in [2.75, 3.05) is 0 Å². The van der Waals surface area contributed by atoms with Gasteiger partial charge in [0.25, 0.3) is 11.6 Å². The number of nitrogens with two attached hydrogens (primary N) is 1. The van der Waals surface area contributed by atoms with Gasteiger partial charge in [0.15, 0.2) is 0 Å². The Labute approximate surface area is 96.4 Å². The minimum atomic E-state index is -0.485. The van der Waals surface area contributed by atoms with E-state index in [1.807, 2.05) is 6.92 Å². The van der Waals surface area contributed by atoms with Crippen LogP contribution in [0.5, 0.6) is 0 Å². The van der Waals surface area contributed by atoms with Gasteiger partial charge in [0.2, 0.25) is 5.89 Å². The van der Waals surface area contributed by atoms with Gasteiger partial charge in [-0.25, -0.2) is 0 Å². The van der Waals surface area contributed by atoms with Crippen molar-refractivity contribution in [3.8, 4) is 11.5 Å². The summed E-state index contributed by atoms with van der Waals surface area (Å²) in [4.78, 5) is 10.4. The van der Waals surface area contributed by atoms with Crippen LogP contribution in [0.3, 0.4) is 0 Å². The molecule has 0 spiro atoms. The Balaban J connectivity index is 2.56. The van der Waals surface area contributed by atoms with Gasteiger partial charge >= 0.3 is 0 Å². The van der Waals surface area contributed by atoms with E-state index in [-0.39, 0.29) is 24.0 Å². The third kappa shape index (κ3) is 2.13. The van der Waals surface area contributed by atoms with Crippen LogP contribution in [0.1, 0.15) is 11.5 Å². The van der Waals surface area contributed by atoms with Crippen LogP contribution >= 0.6 is 0 Å². The van der Waals surface area contributed by atoms with E-state index >= 15 is 0 Å². The molecule has 0 unspecified atom stereocenters. The minimum Gasteiger partial charge on any atom is -0.419 e. The fourth-order valence-corrected chi connectivity index (χ4v) is 1.43. The zero-order valence-corrected chi connectivity index (χ0v) is 9.08. The maximum absolute atomic E-state index is 10.9. The molecule has 0 aliphatic carbocycles. The third-order valence-corrected chi connectivity index (χ3v) is 2.22. The predicted molar refractivity (Wildman–Crippen MR) is 59.0 cm³/mol. The van der Waals surface area contributed by atoms with Crippen molar-refractivity contribution in [3.05, 3.63) is 39.8 Å². The Hall–Kier alpha value is -2.28. The van der Waals surface area contributed by atoms with Crippen LogP contribution in [0, 0.1) is 17.0 Å². The summed E-state index contributed by atoms with van der Waals surface area (Å²) < 4.78 is 5.21. The number of aryl methyl sites for hydroxylation is 1. The molecule has 1 aromatic heterocycles. The van der Waals surface area contributed by atoms with E-state index in [9.17, 15) is 10.1 Å². The number of hydrogen-bond donors (Lipinski definition) is 1. The highest BCUT2D eigenvalue weighted by Crippen LogP contribution is 2.29. The number of hydrogen-bond acceptors (Lipinski definition) is 6. The molecule has 0 radical (unpaired) electrons. The van der Waals surface area contributed by atoms with Crippen molar-refractivity contribution >= 4 is 5.69 Å². The highest BCUT2D eigenvalue weighted by Gasteiger charge is 2.19. The summed E-state index contributed by atoms with van der Waals surface area (Å²) in [6.07, 6.45) is 0. The first-order chi connectivity index (χ1) is 8.11. The molecule has 0 saturated heterocycles. The van der Waals surface area contributed by atoms with E-state index in [0.29, 0.717) is 5.56 Å². The molecule has 7 heteroatoms. The number of nitrogens with zero attached hydrogens (tertiary/aromatic N) is 3. The van der Waals surface area contributed by atoms with Gasteiger partial charge in [-0.1, -0.05) is 6.07 Å². The highest BCUT2D eigenvalue weighted by atomic mass is 16.6. The Morgan fingerprint density at radius 2 is 2.24 bits per heavy atom. The topological polar surface area (TPSA) is 108 Å². The van der Waals surface area contributed by atoms with E-state index < -0.39 is 4.92 Å². The van der Waals surface area contributed by atoms with Crippen LogP contribution in [0.4, 0.5) is 5.69 Å². The zero-order chi connectivity index (χ0) is 12.4. The molecule has 0 saturated carbocycles. The SMILES string of the molecule is Cc1ccc([N+](=O)[O-])c(-c2nnc(CN)o2)c1. The van der Waals surface area contributed by atoms with Gasteiger partial charge in [0.1, 0.15) is 5.56 Å².